The molecule has 3 aromatic rings. The molecule has 154 valence electrons. The molecule has 1 aliphatic heterocycles. The zero-order chi connectivity index (χ0) is 20.3. The van der Waals surface area contributed by atoms with Gasteiger partial charge in [-0.05, 0) is 38.1 Å². The van der Waals surface area contributed by atoms with Crippen LogP contribution >= 0.6 is 0 Å². The van der Waals surface area contributed by atoms with Gasteiger partial charge in [0.05, 0.1) is 28.8 Å². The minimum atomic E-state index is -0.198. The van der Waals surface area contributed by atoms with Crippen molar-refractivity contribution < 1.29 is 14.2 Å². The normalized spacial score (nSPS) is 18.8. The van der Waals surface area contributed by atoms with E-state index in [4.69, 9.17) is 19.2 Å². The van der Waals surface area contributed by atoms with Crippen molar-refractivity contribution in [1.82, 2.24) is 19.9 Å². The van der Waals surface area contributed by atoms with Crippen molar-refractivity contribution in [3.63, 3.8) is 0 Å². The van der Waals surface area contributed by atoms with Crippen LogP contribution in [0.5, 0.6) is 5.88 Å². The summed E-state index contributed by atoms with van der Waals surface area (Å²) in [6.45, 7) is 7.67. The van der Waals surface area contributed by atoms with E-state index in [-0.39, 0.29) is 11.7 Å². The third-order valence-electron chi connectivity index (χ3n) is 4.98. The quantitative estimate of drug-likeness (QED) is 0.662. The van der Waals surface area contributed by atoms with Crippen molar-refractivity contribution in [3.05, 3.63) is 42.9 Å². The Labute approximate surface area is 171 Å². The predicted molar refractivity (Wildman–Crippen MR) is 112 cm³/mol. The van der Waals surface area contributed by atoms with Gasteiger partial charge >= 0.3 is 0 Å². The summed E-state index contributed by atoms with van der Waals surface area (Å²) in [4.78, 5) is 9.31. The zero-order valence-corrected chi connectivity index (χ0v) is 17.2. The first-order valence-corrected chi connectivity index (χ1v) is 9.96. The number of nitrogens with zero attached hydrogens (tertiary/aromatic N) is 3. The van der Waals surface area contributed by atoms with Crippen LogP contribution in [-0.2, 0) is 16.0 Å². The summed E-state index contributed by atoms with van der Waals surface area (Å²) < 4.78 is 19.5. The summed E-state index contributed by atoms with van der Waals surface area (Å²) >= 11 is 0. The topological polar surface area (TPSA) is 70.4 Å². The molecular weight excluding hydrogens is 368 g/mol. The van der Waals surface area contributed by atoms with Gasteiger partial charge in [-0.15, -0.1) is 0 Å². The van der Waals surface area contributed by atoms with Gasteiger partial charge in [-0.2, -0.15) is 0 Å². The van der Waals surface area contributed by atoms with E-state index in [0.717, 1.165) is 41.8 Å². The van der Waals surface area contributed by atoms with Crippen LogP contribution in [0.15, 0.2) is 42.9 Å². The molecule has 4 heterocycles. The van der Waals surface area contributed by atoms with Gasteiger partial charge in [0.2, 0.25) is 5.88 Å². The van der Waals surface area contributed by atoms with Crippen molar-refractivity contribution in [2.24, 2.45) is 0 Å². The van der Waals surface area contributed by atoms with Crippen LogP contribution in [0.25, 0.3) is 22.2 Å². The van der Waals surface area contributed by atoms with Gasteiger partial charge in [0.25, 0.3) is 0 Å². The molecule has 4 rings (SSSR count). The molecule has 0 bridgehead atoms. The molecule has 1 saturated heterocycles. The fraction of sp³-hybridized carbons (Fsp3) is 0.455. The van der Waals surface area contributed by atoms with Gasteiger partial charge in [0.1, 0.15) is 12.7 Å². The summed E-state index contributed by atoms with van der Waals surface area (Å²) in [5.74, 6) is 0.585. The molecule has 3 aromatic heterocycles. The Balaban J connectivity index is 1.58. The van der Waals surface area contributed by atoms with Gasteiger partial charge < -0.3 is 24.1 Å². The molecular formula is C22H28N4O3. The number of aromatic nitrogens is 3. The lowest BCUT2D eigenvalue weighted by Gasteiger charge is -2.36. The number of morpholine rings is 1. The van der Waals surface area contributed by atoms with E-state index in [1.54, 1.807) is 13.3 Å². The maximum atomic E-state index is 6.14. The molecule has 7 heteroatoms. The first-order chi connectivity index (χ1) is 14.0. The van der Waals surface area contributed by atoms with E-state index in [1.807, 2.05) is 30.5 Å². The van der Waals surface area contributed by atoms with Gasteiger partial charge in [-0.3, -0.25) is 4.98 Å². The van der Waals surface area contributed by atoms with E-state index < -0.39 is 0 Å². The van der Waals surface area contributed by atoms with Crippen molar-refractivity contribution in [1.29, 1.82) is 0 Å². The molecule has 1 aliphatic rings. The van der Waals surface area contributed by atoms with Crippen LogP contribution in [-0.4, -0.2) is 59.7 Å². The van der Waals surface area contributed by atoms with E-state index >= 15 is 0 Å². The Morgan fingerprint density at radius 3 is 3.07 bits per heavy atom. The van der Waals surface area contributed by atoms with Crippen LogP contribution in [0, 0.1) is 0 Å². The average Bonchev–Trinajstić information content (AvgIpc) is 3.18. The number of ether oxygens (including phenoxy) is 3. The third kappa shape index (κ3) is 4.75. The molecule has 0 aromatic carbocycles. The van der Waals surface area contributed by atoms with Gasteiger partial charge in [0, 0.05) is 50.9 Å². The van der Waals surface area contributed by atoms with Gasteiger partial charge in [-0.25, -0.2) is 4.98 Å². The number of hydrogen-bond acceptors (Lipinski definition) is 6. The molecule has 0 unspecified atom stereocenters. The lowest BCUT2D eigenvalue weighted by Crippen LogP contribution is -2.52. The summed E-state index contributed by atoms with van der Waals surface area (Å²) in [7, 11) is 1.71. The lowest BCUT2D eigenvalue weighted by molar-refractivity contribution is -0.107. The van der Waals surface area contributed by atoms with Crippen molar-refractivity contribution >= 4 is 10.9 Å². The van der Waals surface area contributed by atoms with Crippen LogP contribution in [0.3, 0.4) is 0 Å². The molecule has 1 atom stereocenters. The van der Waals surface area contributed by atoms with E-state index in [1.165, 1.54) is 0 Å². The van der Waals surface area contributed by atoms with Crippen LogP contribution < -0.4 is 10.1 Å². The van der Waals surface area contributed by atoms with E-state index in [9.17, 15) is 0 Å². The molecule has 0 aliphatic carbocycles. The zero-order valence-electron chi connectivity index (χ0n) is 17.2. The summed E-state index contributed by atoms with van der Waals surface area (Å²) in [6, 6.07) is 7.94. The Morgan fingerprint density at radius 1 is 1.34 bits per heavy atom. The molecule has 0 spiro atoms. The third-order valence-corrected chi connectivity index (χ3v) is 4.98. The minimum absolute atomic E-state index is 0.0222. The summed E-state index contributed by atoms with van der Waals surface area (Å²) in [5, 5.41) is 4.31. The molecule has 0 amide bonds. The van der Waals surface area contributed by atoms with Crippen molar-refractivity contribution in [3.8, 4) is 17.1 Å². The minimum Gasteiger partial charge on any atom is -0.474 e. The highest BCUT2D eigenvalue weighted by atomic mass is 16.6. The summed E-state index contributed by atoms with van der Waals surface area (Å²) in [6.07, 6.45) is 5.86. The first-order valence-electron chi connectivity index (χ1n) is 9.96. The lowest BCUT2D eigenvalue weighted by atomic mass is 10.1. The Kier molecular flexibility index (Phi) is 5.80. The number of nitrogens with one attached hydrogen (secondary N) is 1. The first kappa shape index (κ1) is 19.8. The highest BCUT2D eigenvalue weighted by Gasteiger charge is 2.28. The largest absolute Gasteiger partial charge is 0.474 e. The molecule has 29 heavy (non-hydrogen) atoms. The maximum absolute atomic E-state index is 6.14. The molecule has 7 nitrogen and oxygen atoms in total. The molecule has 1 N–H and O–H groups in total. The van der Waals surface area contributed by atoms with Crippen LogP contribution in [0.1, 0.15) is 13.8 Å². The Hall–Kier alpha value is -2.48. The second-order valence-corrected chi connectivity index (χ2v) is 7.95. The molecule has 1 fully saturated rings. The number of methoxy groups -OCH3 is 1. The van der Waals surface area contributed by atoms with Crippen molar-refractivity contribution in [2.45, 2.75) is 32.1 Å². The average molecular weight is 396 g/mol. The predicted octanol–water partition coefficient (Wildman–Crippen LogP) is 2.89. The van der Waals surface area contributed by atoms with E-state index in [0.29, 0.717) is 19.1 Å². The maximum Gasteiger partial charge on any atom is 0.223 e. The summed E-state index contributed by atoms with van der Waals surface area (Å²) in [5.41, 5.74) is 2.52. The van der Waals surface area contributed by atoms with Gasteiger partial charge in [0.15, 0.2) is 0 Å². The Morgan fingerprint density at radius 2 is 2.24 bits per heavy atom. The number of hydrogen-bond donors (Lipinski definition) is 1. The number of pyridine rings is 2. The fourth-order valence-electron chi connectivity index (χ4n) is 3.56. The molecule has 0 radical (unpaired) electrons. The SMILES string of the molecule is COCCn1ccc(-c2cc3ncccc3c(OC[C@@H]3CNCC(C)(C)O3)n2)c1. The van der Waals surface area contributed by atoms with Gasteiger partial charge in [-0.1, -0.05) is 0 Å². The smallest absolute Gasteiger partial charge is 0.223 e. The highest BCUT2D eigenvalue weighted by molar-refractivity contribution is 5.86. The number of rotatable bonds is 7. The second kappa shape index (κ2) is 8.49. The highest BCUT2D eigenvalue weighted by Crippen LogP contribution is 2.29. The van der Waals surface area contributed by atoms with E-state index in [2.05, 4.69) is 34.9 Å². The monoisotopic (exact) mass is 396 g/mol. The standard InChI is InChI=1S/C22H28N4O3/c1-22(2)15-23-12-17(29-22)14-28-21-18-5-4-7-24-20(18)11-19(25-21)16-6-8-26(13-16)9-10-27-3/h4-8,11,13,17,23H,9-10,12,14-15H2,1-3H3/t17-/m0/s1. The van der Waals surface area contributed by atoms with Crippen LogP contribution in [0.4, 0.5) is 0 Å². The Bertz CT molecular complexity index is 970. The number of fused-ring (bicyclic) bond motifs is 1. The van der Waals surface area contributed by atoms with Crippen molar-refractivity contribution in [2.75, 3.05) is 33.4 Å². The molecule has 0 saturated carbocycles. The second-order valence-electron chi connectivity index (χ2n) is 7.95. The fourth-order valence-corrected chi connectivity index (χ4v) is 3.56. The van der Waals surface area contributed by atoms with Crippen LogP contribution in [0.2, 0.25) is 0 Å².